The highest BCUT2D eigenvalue weighted by Gasteiger charge is 2.51. The average Bonchev–Trinajstić information content (AvgIpc) is 3.67. The number of aliphatic carboxylic acids is 1. The molecule has 5 atom stereocenters. The van der Waals surface area contributed by atoms with Crippen LogP contribution in [0, 0.1) is 11.3 Å². The third-order valence-corrected chi connectivity index (χ3v) is 9.04. The Balaban J connectivity index is 1.75. The van der Waals surface area contributed by atoms with Crippen LogP contribution in [0.15, 0.2) is 48.5 Å². The average molecular weight is 582 g/mol. The van der Waals surface area contributed by atoms with E-state index in [9.17, 15) is 23.5 Å². The molecule has 0 aromatic heterocycles. The summed E-state index contributed by atoms with van der Waals surface area (Å²) in [4.78, 5) is 27.9. The summed E-state index contributed by atoms with van der Waals surface area (Å²) in [6.07, 6.45) is 2.61. The molecule has 10 heteroatoms. The molecule has 38 heavy (non-hydrogen) atoms. The quantitative estimate of drug-likeness (QED) is 0.310. The Morgan fingerprint density at radius 1 is 1.16 bits per heavy atom. The monoisotopic (exact) mass is 580 g/mol. The molecular formula is C28H34Cl2N2O5S. The maximum absolute atomic E-state index is 14.2. The van der Waals surface area contributed by atoms with Gasteiger partial charge in [0.05, 0.1) is 17.9 Å². The normalized spacial score (nSPS) is 25.4. The van der Waals surface area contributed by atoms with Gasteiger partial charge >= 0.3 is 5.97 Å². The van der Waals surface area contributed by atoms with Crippen molar-refractivity contribution in [3.05, 3.63) is 69.7 Å². The molecule has 1 saturated carbocycles. The van der Waals surface area contributed by atoms with Gasteiger partial charge in [0.2, 0.25) is 17.2 Å². The lowest BCUT2D eigenvalue weighted by Gasteiger charge is -2.51. The van der Waals surface area contributed by atoms with Crippen molar-refractivity contribution >= 4 is 46.3 Å². The Labute approximate surface area is 236 Å². The van der Waals surface area contributed by atoms with Gasteiger partial charge in [0, 0.05) is 35.1 Å². The predicted molar refractivity (Wildman–Crippen MR) is 149 cm³/mol. The molecule has 2 aromatic rings. The summed E-state index contributed by atoms with van der Waals surface area (Å²) in [6, 6.07) is 14.1. The predicted octanol–water partition coefficient (Wildman–Crippen LogP) is 6.16. The van der Waals surface area contributed by atoms with Gasteiger partial charge in [-0.3, -0.25) is 14.1 Å². The first-order chi connectivity index (χ1) is 18.0. The van der Waals surface area contributed by atoms with Crippen LogP contribution in [0.4, 0.5) is 0 Å². The fourth-order valence-corrected chi connectivity index (χ4v) is 6.58. The van der Waals surface area contributed by atoms with Crippen LogP contribution in [0.2, 0.25) is 10.0 Å². The van der Waals surface area contributed by atoms with Gasteiger partial charge in [-0.15, -0.1) is 0 Å². The maximum Gasteiger partial charge on any atom is 0.304 e. The van der Waals surface area contributed by atoms with Crippen molar-refractivity contribution in [1.29, 1.82) is 0 Å². The number of hydrogen-bond donors (Lipinski definition) is 2. The highest BCUT2D eigenvalue weighted by molar-refractivity contribution is 7.76. The second-order valence-electron chi connectivity index (χ2n) is 10.9. The molecule has 1 saturated heterocycles. The molecule has 1 amide bonds. The summed E-state index contributed by atoms with van der Waals surface area (Å²) < 4.78 is 23.4. The third-order valence-electron chi connectivity index (χ3n) is 7.78. The van der Waals surface area contributed by atoms with E-state index in [0.717, 1.165) is 24.0 Å². The lowest BCUT2D eigenvalue weighted by molar-refractivity contribution is -0.160. The number of amides is 1. The number of carbonyl (C=O) groups excluding carboxylic acids is 1. The van der Waals surface area contributed by atoms with E-state index in [1.807, 2.05) is 37.3 Å². The molecule has 2 aromatic carbocycles. The zero-order valence-corrected chi connectivity index (χ0v) is 23.9. The van der Waals surface area contributed by atoms with Gasteiger partial charge in [0.25, 0.3) is 0 Å². The van der Waals surface area contributed by atoms with E-state index in [0.29, 0.717) is 41.9 Å². The molecule has 2 N–H and O–H groups in total. The molecule has 1 heterocycles. The van der Waals surface area contributed by atoms with Crippen molar-refractivity contribution in [2.24, 2.45) is 11.3 Å². The van der Waals surface area contributed by atoms with Crippen LogP contribution in [0.5, 0.6) is 0 Å². The van der Waals surface area contributed by atoms with Gasteiger partial charge in [0.1, 0.15) is 0 Å². The van der Waals surface area contributed by atoms with Crippen LogP contribution in [0.3, 0.4) is 0 Å². The van der Waals surface area contributed by atoms with E-state index in [2.05, 4.69) is 0 Å². The summed E-state index contributed by atoms with van der Waals surface area (Å²) in [6.45, 7) is 4.54. The van der Waals surface area contributed by atoms with Crippen LogP contribution in [-0.4, -0.2) is 54.1 Å². The Kier molecular flexibility index (Phi) is 9.20. The molecule has 5 unspecified atom stereocenters. The van der Waals surface area contributed by atoms with Crippen molar-refractivity contribution in [3.63, 3.8) is 0 Å². The largest absolute Gasteiger partial charge is 0.481 e. The molecule has 0 radical (unpaired) electrons. The van der Waals surface area contributed by atoms with Crippen LogP contribution in [0.25, 0.3) is 0 Å². The van der Waals surface area contributed by atoms with Gasteiger partial charge in [0.15, 0.2) is 0 Å². The number of halogens is 2. The maximum atomic E-state index is 14.2. The van der Waals surface area contributed by atoms with Crippen molar-refractivity contribution in [2.45, 2.75) is 64.0 Å². The van der Waals surface area contributed by atoms with Crippen molar-refractivity contribution in [1.82, 2.24) is 9.21 Å². The third kappa shape index (κ3) is 6.77. The minimum atomic E-state index is -2.10. The van der Waals surface area contributed by atoms with E-state index in [1.165, 1.54) is 0 Å². The van der Waals surface area contributed by atoms with E-state index < -0.39 is 28.7 Å². The standard InChI is InChI=1S/C28H34Cl2N2O5S/c1-18(12-13-31(38(36)37)17-19-6-7-19)32-26(20-8-10-22(29)11-9-20)24(21-4-3-5-23(30)14-21)15-28(2,27(32)35)16-25(33)34/h3-5,8-11,14,18-19,24,26H,6-7,12-13,15-17H2,1-2H3,(H,33,34)(H,36,37). The first-order valence-electron chi connectivity index (χ1n) is 12.9. The Morgan fingerprint density at radius 2 is 1.84 bits per heavy atom. The van der Waals surface area contributed by atoms with Crippen LogP contribution in [0.1, 0.15) is 69.0 Å². The van der Waals surface area contributed by atoms with Gasteiger partial charge in [-0.2, -0.15) is 0 Å². The van der Waals surface area contributed by atoms with Crippen molar-refractivity contribution in [2.75, 3.05) is 13.1 Å². The van der Waals surface area contributed by atoms with E-state index in [1.54, 1.807) is 34.3 Å². The van der Waals surface area contributed by atoms with Gasteiger partial charge in [-0.1, -0.05) is 54.4 Å². The number of benzene rings is 2. The van der Waals surface area contributed by atoms with Gasteiger partial charge in [-0.05, 0) is 73.9 Å². The van der Waals surface area contributed by atoms with Crippen LogP contribution < -0.4 is 0 Å². The lowest BCUT2D eigenvalue weighted by Crippen LogP contribution is -2.56. The second-order valence-corrected chi connectivity index (χ2v) is 12.8. The highest BCUT2D eigenvalue weighted by Crippen LogP contribution is 2.52. The topological polar surface area (TPSA) is 98.2 Å². The Hall–Kier alpha value is -1.97. The number of carbonyl (C=O) groups is 2. The number of nitrogens with zero attached hydrogens (tertiary/aromatic N) is 2. The summed E-state index contributed by atoms with van der Waals surface area (Å²) in [7, 11) is 0. The number of carboxylic acid groups (broad SMARTS) is 1. The fourth-order valence-electron chi connectivity index (χ4n) is 5.65. The number of likely N-dealkylation sites (tertiary alicyclic amines) is 1. The van der Waals surface area contributed by atoms with E-state index in [-0.39, 0.29) is 24.3 Å². The fraction of sp³-hybridized carbons (Fsp3) is 0.500. The van der Waals surface area contributed by atoms with Gasteiger partial charge < -0.3 is 10.0 Å². The number of hydrogen-bond acceptors (Lipinski definition) is 3. The zero-order valence-electron chi connectivity index (χ0n) is 21.6. The first-order valence-corrected chi connectivity index (χ1v) is 14.7. The first kappa shape index (κ1) is 29.0. The molecule has 0 spiro atoms. The molecule has 2 fully saturated rings. The molecule has 1 aliphatic carbocycles. The van der Waals surface area contributed by atoms with Crippen LogP contribution in [-0.2, 0) is 20.9 Å². The summed E-state index contributed by atoms with van der Waals surface area (Å²) in [5.41, 5.74) is 0.673. The molecule has 1 aliphatic heterocycles. The van der Waals surface area contributed by atoms with E-state index >= 15 is 0 Å². The molecular weight excluding hydrogens is 547 g/mol. The van der Waals surface area contributed by atoms with E-state index in [4.69, 9.17) is 23.2 Å². The molecule has 206 valence electrons. The Morgan fingerprint density at radius 3 is 2.42 bits per heavy atom. The Bertz CT molecular complexity index is 1190. The smallest absolute Gasteiger partial charge is 0.304 e. The minimum Gasteiger partial charge on any atom is -0.481 e. The molecule has 0 bridgehead atoms. The van der Waals surface area contributed by atoms with Crippen molar-refractivity contribution < 1.29 is 23.5 Å². The van der Waals surface area contributed by atoms with Crippen molar-refractivity contribution in [3.8, 4) is 0 Å². The highest BCUT2D eigenvalue weighted by atomic mass is 35.5. The summed E-state index contributed by atoms with van der Waals surface area (Å²) in [5, 5.41) is 10.9. The minimum absolute atomic E-state index is 0.228. The number of piperidine rings is 1. The zero-order chi connectivity index (χ0) is 27.6. The molecule has 4 rings (SSSR count). The summed E-state index contributed by atoms with van der Waals surface area (Å²) in [5.74, 6) is -1.06. The number of carboxylic acids is 1. The van der Waals surface area contributed by atoms with Gasteiger partial charge in [-0.25, -0.2) is 8.51 Å². The number of rotatable bonds is 11. The second kappa shape index (κ2) is 12.0. The SMILES string of the molecule is CC(CCN(CC1CC1)S(=O)O)N1C(=O)C(C)(CC(=O)O)CC(c2cccc(Cl)c2)C1c1ccc(Cl)cc1. The molecule has 7 nitrogen and oxygen atoms in total. The van der Waals surface area contributed by atoms with Crippen LogP contribution >= 0.6 is 23.2 Å². The molecule has 2 aliphatic rings. The summed E-state index contributed by atoms with van der Waals surface area (Å²) >= 11 is 10.5. The lowest BCUT2D eigenvalue weighted by atomic mass is 9.67.